The summed E-state index contributed by atoms with van der Waals surface area (Å²) in [6.07, 6.45) is 1.64. The highest BCUT2D eigenvalue weighted by Crippen LogP contribution is 2.43. The predicted molar refractivity (Wildman–Crippen MR) is 116 cm³/mol. The first-order chi connectivity index (χ1) is 14.9. The largest absolute Gasteiger partial charge is 0.503 e. The molecule has 158 valence electrons. The molecule has 0 saturated heterocycles. The molecule has 4 rings (SSSR count). The van der Waals surface area contributed by atoms with Crippen LogP contribution in [0.3, 0.4) is 0 Å². The Morgan fingerprint density at radius 1 is 1.19 bits per heavy atom. The molecule has 1 amide bonds. The fraction of sp³-hybridized carbons (Fsp3) is 0.217. The van der Waals surface area contributed by atoms with Gasteiger partial charge < -0.3 is 14.7 Å². The summed E-state index contributed by atoms with van der Waals surface area (Å²) in [6.45, 7) is 3.69. The SMILES string of the molecule is COc1ccccc1C1C(C(=O)c2sc(C)nc2C)=C(O)C(=O)N1Cc1ccccn1. The van der Waals surface area contributed by atoms with Gasteiger partial charge in [0.1, 0.15) is 5.75 Å². The van der Waals surface area contributed by atoms with E-state index in [1.165, 1.54) is 23.3 Å². The molecule has 1 aliphatic heterocycles. The van der Waals surface area contributed by atoms with Crippen LogP contribution in [0.2, 0.25) is 0 Å². The van der Waals surface area contributed by atoms with Crippen LogP contribution >= 0.6 is 11.3 Å². The van der Waals surface area contributed by atoms with Crippen LogP contribution in [-0.2, 0) is 11.3 Å². The fourth-order valence-electron chi connectivity index (χ4n) is 3.79. The monoisotopic (exact) mass is 435 g/mol. The van der Waals surface area contributed by atoms with E-state index < -0.39 is 23.5 Å². The Morgan fingerprint density at radius 3 is 2.58 bits per heavy atom. The molecule has 1 atom stereocenters. The van der Waals surface area contributed by atoms with Gasteiger partial charge in [0.05, 0.1) is 46.5 Å². The van der Waals surface area contributed by atoms with Crippen molar-refractivity contribution in [3.63, 3.8) is 0 Å². The summed E-state index contributed by atoms with van der Waals surface area (Å²) in [5, 5.41) is 11.6. The van der Waals surface area contributed by atoms with Crippen molar-refractivity contribution in [3.05, 3.63) is 86.8 Å². The van der Waals surface area contributed by atoms with Crippen molar-refractivity contribution < 1.29 is 19.4 Å². The molecular formula is C23H21N3O4S. The quantitative estimate of drug-likeness (QED) is 0.590. The highest BCUT2D eigenvalue weighted by molar-refractivity contribution is 7.14. The summed E-state index contributed by atoms with van der Waals surface area (Å²) in [5.41, 5.74) is 1.85. The molecule has 1 aliphatic rings. The van der Waals surface area contributed by atoms with Gasteiger partial charge in [0.2, 0.25) is 5.78 Å². The molecule has 0 fully saturated rings. The normalized spacial score (nSPS) is 16.2. The van der Waals surface area contributed by atoms with Crippen molar-refractivity contribution in [1.29, 1.82) is 0 Å². The maximum atomic E-state index is 13.5. The molecule has 8 heteroatoms. The number of aryl methyl sites for hydroxylation is 2. The molecule has 0 spiro atoms. The maximum absolute atomic E-state index is 13.5. The highest BCUT2D eigenvalue weighted by Gasteiger charge is 2.45. The first-order valence-corrected chi connectivity index (χ1v) is 10.5. The fourth-order valence-corrected chi connectivity index (χ4v) is 4.67. The second-order valence-corrected chi connectivity index (χ2v) is 8.34. The number of aliphatic hydroxyl groups is 1. The van der Waals surface area contributed by atoms with Crippen molar-refractivity contribution in [1.82, 2.24) is 14.9 Å². The zero-order valence-electron chi connectivity index (χ0n) is 17.3. The number of benzene rings is 1. The first-order valence-electron chi connectivity index (χ1n) is 9.68. The molecule has 3 heterocycles. The number of ketones is 1. The van der Waals surface area contributed by atoms with Crippen LogP contribution in [0.4, 0.5) is 0 Å². The number of rotatable bonds is 6. The molecule has 1 N–H and O–H groups in total. The van der Waals surface area contributed by atoms with E-state index in [0.717, 1.165) is 5.01 Å². The summed E-state index contributed by atoms with van der Waals surface area (Å²) in [6, 6.07) is 11.7. The van der Waals surface area contributed by atoms with E-state index in [0.29, 0.717) is 27.6 Å². The molecule has 31 heavy (non-hydrogen) atoms. The van der Waals surface area contributed by atoms with Crippen LogP contribution in [0.1, 0.15) is 37.7 Å². The number of hydrogen-bond donors (Lipinski definition) is 1. The van der Waals surface area contributed by atoms with Crippen molar-refractivity contribution in [2.45, 2.75) is 26.4 Å². The average molecular weight is 436 g/mol. The third kappa shape index (κ3) is 3.70. The molecule has 0 saturated carbocycles. The Labute approximate surface area is 183 Å². The van der Waals surface area contributed by atoms with E-state index >= 15 is 0 Å². The number of methoxy groups -OCH3 is 1. The number of hydrogen-bond acceptors (Lipinski definition) is 7. The number of carbonyl (C=O) groups is 2. The summed E-state index contributed by atoms with van der Waals surface area (Å²) < 4.78 is 5.51. The second kappa shape index (κ2) is 8.31. The number of amides is 1. The summed E-state index contributed by atoms with van der Waals surface area (Å²) in [4.78, 5) is 37.1. The van der Waals surface area contributed by atoms with Gasteiger partial charge in [-0.2, -0.15) is 0 Å². The Bertz CT molecular complexity index is 1190. The van der Waals surface area contributed by atoms with Crippen LogP contribution in [0.25, 0.3) is 0 Å². The Balaban J connectivity index is 1.86. The number of aromatic nitrogens is 2. The second-order valence-electron chi connectivity index (χ2n) is 7.14. The molecule has 0 bridgehead atoms. The van der Waals surface area contributed by atoms with Gasteiger partial charge in [0.15, 0.2) is 5.76 Å². The topological polar surface area (TPSA) is 92.6 Å². The van der Waals surface area contributed by atoms with Crippen molar-refractivity contribution in [3.8, 4) is 5.75 Å². The molecule has 7 nitrogen and oxygen atoms in total. The minimum atomic E-state index is -0.819. The van der Waals surface area contributed by atoms with E-state index in [2.05, 4.69) is 9.97 Å². The lowest BCUT2D eigenvalue weighted by Crippen LogP contribution is -2.31. The zero-order chi connectivity index (χ0) is 22.1. The Kier molecular flexibility index (Phi) is 5.56. The lowest BCUT2D eigenvalue weighted by atomic mass is 9.94. The number of pyridine rings is 1. The lowest BCUT2D eigenvalue weighted by Gasteiger charge is -2.27. The molecule has 1 unspecified atom stereocenters. The highest BCUT2D eigenvalue weighted by atomic mass is 32.1. The summed E-state index contributed by atoms with van der Waals surface area (Å²) in [7, 11) is 1.53. The number of ether oxygens (including phenoxy) is 1. The standard InChI is InChI=1S/C23H21N3O4S/c1-13-22(31-14(2)25-13)20(27)18-19(16-9-4-5-10-17(16)30-3)26(23(29)21(18)28)12-15-8-6-7-11-24-15/h4-11,19,28H,12H2,1-3H3. The molecular weight excluding hydrogens is 414 g/mol. The number of aliphatic hydroxyl groups excluding tert-OH is 1. The minimum Gasteiger partial charge on any atom is -0.503 e. The van der Waals surface area contributed by atoms with E-state index in [9.17, 15) is 14.7 Å². The Morgan fingerprint density at radius 2 is 1.94 bits per heavy atom. The molecule has 0 aliphatic carbocycles. The van der Waals surface area contributed by atoms with E-state index in [1.54, 1.807) is 43.5 Å². The molecule has 0 radical (unpaired) electrons. The number of thiazole rings is 1. The van der Waals surface area contributed by atoms with Crippen LogP contribution in [0.5, 0.6) is 5.75 Å². The van der Waals surface area contributed by atoms with E-state index in [1.807, 2.05) is 19.1 Å². The predicted octanol–water partition coefficient (Wildman–Crippen LogP) is 3.94. The van der Waals surface area contributed by atoms with E-state index in [-0.39, 0.29) is 12.1 Å². The van der Waals surface area contributed by atoms with Crippen molar-refractivity contribution in [2.75, 3.05) is 7.11 Å². The average Bonchev–Trinajstić information content (AvgIpc) is 3.24. The van der Waals surface area contributed by atoms with Gasteiger partial charge in [-0.15, -0.1) is 11.3 Å². The van der Waals surface area contributed by atoms with Crippen LogP contribution in [0.15, 0.2) is 60.0 Å². The number of para-hydroxylation sites is 1. The number of nitrogens with zero attached hydrogens (tertiary/aromatic N) is 3. The van der Waals surface area contributed by atoms with Crippen LogP contribution < -0.4 is 4.74 Å². The maximum Gasteiger partial charge on any atom is 0.290 e. The van der Waals surface area contributed by atoms with Gasteiger partial charge >= 0.3 is 0 Å². The van der Waals surface area contributed by atoms with Gasteiger partial charge in [-0.05, 0) is 32.0 Å². The molecule has 3 aromatic rings. The van der Waals surface area contributed by atoms with Crippen molar-refractivity contribution in [2.24, 2.45) is 0 Å². The minimum absolute atomic E-state index is 0.0252. The van der Waals surface area contributed by atoms with Gasteiger partial charge in [-0.3, -0.25) is 14.6 Å². The summed E-state index contributed by atoms with van der Waals surface area (Å²) >= 11 is 1.25. The summed E-state index contributed by atoms with van der Waals surface area (Å²) in [5.74, 6) is -1.07. The smallest absolute Gasteiger partial charge is 0.290 e. The third-order valence-corrected chi connectivity index (χ3v) is 6.22. The van der Waals surface area contributed by atoms with Crippen LogP contribution in [-0.4, -0.2) is 38.8 Å². The van der Waals surface area contributed by atoms with Gasteiger partial charge in [0.25, 0.3) is 5.91 Å². The number of Topliss-reactive ketones (excluding diaryl/α,β-unsaturated/α-hetero) is 1. The third-order valence-electron chi connectivity index (χ3n) is 5.15. The lowest BCUT2D eigenvalue weighted by molar-refractivity contribution is -0.130. The molecule has 2 aromatic heterocycles. The number of carbonyl (C=O) groups excluding carboxylic acids is 2. The van der Waals surface area contributed by atoms with Crippen molar-refractivity contribution >= 4 is 23.0 Å². The van der Waals surface area contributed by atoms with Crippen LogP contribution in [0, 0.1) is 13.8 Å². The molecule has 1 aromatic carbocycles. The van der Waals surface area contributed by atoms with Gasteiger partial charge in [-0.1, -0.05) is 24.3 Å². The first kappa shape index (κ1) is 20.7. The Hall–Kier alpha value is -3.52. The van der Waals surface area contributed by atoms with E-state index in [4.69, 9.17) is 4.74 Å². The van der Waals surface area contributed by atoms with Gasteiger partial charge in [0, 0.05) is 11.8 Å². The van der Waals surface area contributed by atoms with Gasteiger partial charge in [-0.25, -0.2) is 4.98 Å². The zero-order valence-corrected chi connectivity index (χ0v) is 18.1.